The third-order valence-electron chi connectivity index (χ3n) is 10.2. The normalized spacial score (nSPS) is 13.5. The number of benzene rings is 7. The summed E-state index contributed by atoms with van der Waals surface area (Å²) in [5.41, 5.74) is 18.2. The van der Waals surface area contributed by atoms with Crippen LogP contribution in [0.2, 0.25) is 0 Å². The lowest BCUT2D eigenvalue weighted by Gasteiger charge is -2.49. The summed E-state index contributed by atoms with van der Waals surface area (Å²) in [6.45, 7) is 0.0668. The van der Waals surface area contributed by atoms with Crippen molar-refractivity contribution >= 4 is 68.1 Å². The van der Waals surface area contributed by atoms with Crippen LogP contribution in [0, 0.1) is 0 Å². The molecule has 0 aliphatic carbocycles. The van der Waals surface area contributed by atoms with Crippen molar-refractivity contribution in [3.63, 3.8) is 0 Å². The van der Waals surface area contributed by atoms with E-state index >= 15 is 0 Å². The standard InChI is InChI=1S/C42H25BN2O/c1-2-10-26(11-3-1)27-20-22-36-33(24-27)32-15-9-18-38-42(32)43-41-31(29-12-4-6-16-35(29)45(36)43)14-8-17-37(41)44(38)28-21-23-40-34(25-28)30-13-5-7-19-39(30)46-40/h1-25H. The van der Waals surface area contributed by atoms with E-state index in [1.54, 1.807) is 0 Å². The minimum Gasteiger partial charge on any atom is -0.456 e. The van der Waals surface area contributed by atoms with Crippen molar-refractivity contribution < 1.29 is 4.42 Å². The molecule has 0 N–H and O–H groups in total. The van der Waals surface area contributed by atoms with Crippen molar-refractivity contribution in [1.29, 1.82) is 0 Å². The molecule has 212 valence electrons. The van der Waals surface area contributed by atoms with Crippen molar-refractivity contribution in [3.8, 4) is 33.4 Å². The van der Waals surface area contributed by atoms with Crippen LogP contribution in [0.5, 0.6) is 0 Å². The second-order valence-corrected chi connectivity index (χ2v) is 12.5. The number of nitrogens with zero attached hydrogens (tertiary/aromatic N) is 2. The summed E-state index contributed by atoms with van der Waals surface area (Å²) in [4.78, 5) is 5.08. The monoisotopic (exact) mass is 584 g/mol. The molecule has 1 aromatic heterocycles. The molecule has 0 saturated heterocycles. The van der Waals surface area contributed by atoms with Crippen LogP contribution in [0.4, 0.5) is 28.4 Å². The van der Waals surface area contributed by atoms with Crippen molar-refractivity contribution in [3.05, 3.63) is 152 Å². The van der Waals surface area contributed by atoms with Gasteiger partial charge in [-0.15, -0.1) is 0 Å². The van der Waals surface area contributed by atoms with E-state index in [0.29, 0.717) is 0 Å². The molecular formula is C42H25BN2O. The molecule has 4 heteroatoms. The maximum absolute atomic E-state index is 6.24. The molecule has 3 aliphatic heterocycles. The van der Waals surface area contributed by atoms with E-state index in [2.05, 4.69) is 155 Å². The Balaban J connectivity index is 1.24. The fourth-order valence-electron chi connectivity index (χ4n) is 8.30. The summed E-state index contributed by atoms with van der Waals surface area (Å²) in [5, 5.41) is 2.27. The Morgan fingerprint density at radius 3 is 1.91 bits per heavy atom. The predicted octanol–water partition coefficient (Wildman–Crippen LogP) is 9.94. The van der Waals surface area contributed by atoms with Gasteiger partial charge in [-0.05, 0) is 87.8 Å². The molecule has 46 heavy (non-hydrogen) atoms. The fraction of sp³-hybridized carbons (Fsp3) is 0. The van der Waals surface area contributed by atoms with Crippen molar-refractivity contribution in [2.45, 2.75) is 0 Å². The van der Waals surface area contributed by atoms with Crippen LogP contribution < -0.4 is 20.6 Å². The molecule has 0 fully saturated rings. The third-order valence-corrected chi connectivity index (χ3v) is 10.2. The molecule has 0 spiro atoms. The Morgan fingerprint density at radius 1 is 0.413 bits per heavy atom. The largest absolute Gasteiger partial charge is 0.456 e. The first-order chi connectivity index (χ1) is 22.8. The molecule has 11 rings (SSSR count). The van der Waals surface area contributed by atoms with Gasteiger partial charge in [0.05, 0.1) is 0 Å². The highest BCUT2D eigenvalue weighted by molar-refractivity contribution is 6.95. The predicted molar refractivity (Wildman–Crippen MR) is 192 cm³/mol. The molecule has 3 nitrogen and oxygen atoms in total. The van der Waals surface area contributed by atoms with Gasteiger partial charge in [-0.25, -0.2) is 0 Å². The summed E-state index contributed by atoms with van der Waals surface area (Å²) < 4.78 is 6.24. The second kappa shape index (κ2) is 8.80. The number of fused-ring (bicyclic) bond motifs is 9. The molecule has 4 heterocycles. The van der Waals surface area contributed by atoms with Gasteiger partial charge >= 0.3 is 6.85 Å². The molecule has 0 unspecified atom stereocenters. The number of rotatable bonds is 2. The Hall–Kier alpha value is -6.00. The van der Waals surface area contributed by atoms with Crippen LogP contribution in [0.3, 0.4) is 0 Å². The topological polar surface area (TPSA) is 19.6 Å². The van der Waals surface area contributed by atoms with Crippen LogP contribution >= 0.6 is 0 Å². The summed E-state index contributed by atoms with van der Waals surface area (Å²) in [5.74, 6) is 0. The third kappa shape index (κ3) is 3.08. The van der Waals surface area contributed by atoms with E-state index in [-0.39, 0.29) is 6.85 Å². The smallest absolute Gasteiger partial charge is 0.333 e. The van der Waals surface area contributed by atoms with Crippen LogP contribution in [0.25, 0.3) is 55.3 Å². The molecule has 8 aromatic rings. The van der Waals surface area contributed by atoms with Crippen LogP contribution in [-0.2, 0) is 0 Å². The summed E-state index contributed by atoms with van der Waals surface area (Å²) in [6, 6.07) is 55.3. The zero-order chi connectivity index (χ0) is 29.9. The minimum atomic E-state index is 0.0668. The van der Waals surface area contributed by atoms with Crippen LogP contribution in [0.1, 0.15) is 0 Å². The first-order valence-corrected chi connectivity index (χ1v) is 15.9. The van der Waals surface area contributed by atoms with Gasteiger partial charge in [0.15, 0.2) is 0 Å². The maximum Gasteiger partial charge on any atom is 0.333 e. The van der Waals surface area contributed by atoms with Gasteiger partial charge in [0.1, 0.15) is 11.2 Å². The molecule has 3 aliphatic rings. The van der Waals surface area contributed by atoms with Gasteiger partial charge in [0, 0.05) is 50.3 Å². The first kappa shape index (κ1) is 24.3. The number of furan rings is 1. The Labute approximate surface area is 266 Å². The van der Waals surface area contributed by atoms with Gasteiger partial charge in [0.2, 0.25) is 0 Å². The van der Waals surface area contributed by atoms with Gasteiger partial charge in [-0.1, -0.05) is 97.1 Å². The molecule has 7 aromatic carbocycles. The highest BCUT2D eigenvalue weighted by atomic mass is 16.3. The van der Waals surface area contributed by atoms with Gasteiger partial charge in [-0.3, -0.25) is 0 Å². The van der Waals surface area contributed by atoms with Gasteiger partial charge < -0.3 is 14.1 Å². The van der Waals surface area contributed by atoms with E-state index in [1.807, 2.05) is 6.07 Å². The average Bonchev–Trinajstić information content (AvgIpc) is 3.50. The molecule has 0 amide bonds. The number of anilines is 5. The quantitative estimate of drug-likeness (QED) is 0.189. The average molecular weight is 584 g/mol. The minimum absolute atomic E-state index is 0.0668. The number of hydrogen-bond donors (Lipinski definition) is 0. The van der Waals surface area contributed by atoms with E-state index < -0.39 is 0 Å². The summed E-state index contributed by atoms with van der Waals surface area (Å²) in [7, 11) is 0. The fourth-order valence-corrected chi connectivity index (χ4v) is 8.30. The first-order valence-electron chi connectivity index (χ1n) is 15.9. The van der Waals surface area contributed by atoms with Crippen LogP contribution in [0.15, 0.2) is 156 Å². The SMILES string of the molecule is c1ccc(-c2ccc3c(c2)-c2cccc4c2B2c5c(cccc5N4c4ccc5oc6ccccc6c5c4)-c4ccccc4N23)cc1. The Kier molecular flexibility index (Phi) is 4.66. The zero-order valence-corrected chi connectivity index (χ0v) is 24.8. The second-order valence-electron chi connectivity index (χ2n) is 12.5. The van der Waals surface area contributed by atoms with Gasteiger partial charge in [0.25, 0.3) is 0 Å². The summed E-state index contributed by atoms with van der Waals surface area (Å²) in [6.07, 6.45) is 0. The lowest BCUT2D eigenvalue weighted by atomic mass is 9.41. The Morgan fingerprint density at radius 2 is 1.07 bits per heavy atom. The number of para-hydroxylation sites is 2. The van der Waals surface area contributed by atoms with Gasteiger partial charge in [-0.2, -0.15) is 0 Å². The lowest BCUT2D eigenvalue weighted by Crippen LogP contribution is -2.63. The van der Waals surface area contributed by atoms with Crippen LogP contribution in [-0.4, -0.2) is 6.85 Å². The van der Waals surface area contributed by atoms with E-state index in [1.165, 1.54) is 67.1 Å². The van der Waals surface area contributed by atoms with Crippen molar-refractivity contribution in [2.24, 2.45) is 0 Å². The zero-order valence-electron chi connectivity index (χ0n) is 24.8. The maximum atomic E-state index is 6.24. The summed E-state index contributed by atoms with van der Waals surface area (Å²) >= 11 is 0. The molecule has 0 saturated carbocycles. The highest BCUT2D eigenvalue weighted by Gasteiger charge is 2.48. The van der Waals surface area contributed by atoms with E-state index in [9.17, 15) is 0 Å². The molecule has 0 bridgehead atoms. The van der Waals surface area contributed by atoms with E-state index in [4.69, 9.17) is 4.42 Å². The highest BCUT2D eigenvalue weighted by Crippen LogP contribution is 2.52. The lowest BCUT2D eigenvalue weighted by molar-refractivity contribution is 0.669. The number of hydrogen-bond acceptors (Lipinski definition) is 3. The van der Waals surface area contributed by atoms with Crippen molar-refractivity contribution in [2.75, 3.05) is 9.71 Å². The Bertz CT molecular complexity index is 2570. The molecule has 0 radical (unpaired) electrons. The van der Waals surface area contributed by atoms with Crippen molar-refractivity contribution in [1.82, 2.24) is 0 Å². The van der Waals surface area contributed by atoms with E-state index in [0.717, 1.165) is 27.6 Å². The molecule has 0 atom stereocenters. The molecular weight excluding hydrogens is 559 g/mol.